The van der Waals surface area contributed by atoms with Gasteiger partial charge in [0.15, 0.2) is 0 Å². The fraction of sp³-hybridized carbons (Fsp3) is 0.588. The van der Waals surface area contributed by atoms with E-state index >= 15 is 0 Å². The minimum Gasteiger partial charge on any atom is -0.382 e. The van der Waals surface area contributed by atoms with E-state index in [0.717, 1.165) is 24.2 Å². The molecule has 112 valence electrons. The van der Waals surface area contributed by atoms with Gasteiger partial charge in [-0.1, -0.05) is 6.07 Å². The molecular formula is C17H23N3O. The summed E-state index contributed by atoms with van der Waals surface area (Å²) in [5.41, 5.74) is 7.30. The van der Waals surface area contributed by atoms with Crippen LogP contribution in [-0.4, -0.2) is 17.5 Å². The molecule has 3 aliphatic carbocycles. The Morgan fingerprint density at radius 1 is 1.19 bits per heavy atom. The van der Waals surface area contributed by atoms with Crippen LogP contribution in [-0.2, 0) is 4.79 Å². The molecule has 2 atom stereocenters. The number of carbonyl (C=O) groups excluding carboxylic acids is 1. The maximum atomic E-state index is 12.0. The lowest BCUT2D eigenvalue weighted by atomic mass is 9.91. The average Bonchev–Trinajstić information content (AvgIpc) is 3.02. The highest BCUT2D eigenvalue weighted by Gasteiger charge is 2.56. The van der Waals surface area contributed by atoms with Crippen molar-refractivity contribution in [3.63, 3.8) is 0 Å². The number of hydrogen-bond acceptors (Lipinski definition) is 3. The lowest BCUT2D eigenvalue weighted by Gasteiger charge is -2.31. The number of hydrogen-bond donors (Lipinski definition) is 3. The summed E-state index contributed by atoms with van der Waals surface area (Å²) in [6.07, 6.45) is 6.90. The molecular weight excluding hydrogens is 262 g/mol. The van der Waals surface area contributed by atoms with E-state index in [9.17, 15) is 4.79 Å². The minimum atomic E-state index is -0.525. The Balaban J connectivity index is 1.50. The number of carbonyl (C=O) groups is 1. The Labute approximate surface area is 125 Å². The predicted octanol–water partition coefficient (Wildman–Crippen LogP) is 2.72. The van der Waals surface area contributed by atoms with Crippen LogP contribution in [0.1, 0.15) is 38.5 Å². The van der Waals surface area contributed by atoms with Gasteiger partial charge in [-0.25, -0.2) is 0 Å². The SMILES string of the molecule is NC(=O)C1(Nc2cccc(NC3CCC3)c2)CC2CC2C1. The van der Waals surface area contributed by atoms with E-state index in [1.165, 1.54) is 25.7 Å². The summed E-state index contributed by atoms with van der Waals surface area (Å²) < 4.78 is 0. The molecule has 3 fully saturated rings. The van der Waals surface area contributed by atoms with Crippen LogP contribution in [0, 0.1) is 11.8 Å². The summed E-state index contributed by atoms with van der Waals surface area (Å²) in [6.45, 7) is 0. The molecule has 4 heteroatoms. The minimum absolute atomic E-state index is 0.202. The van der Waals surface area contributed by atoms with Crippen LogP contribution in [0.2, 0.25) is 0 Å². The highest BCUT2D eigenvalue weighted by Crippen LogP contribution is 2.56. The highest BCUT2D eigenvalue weighted by molar-refractivity contribution is 5.89. The molecule has 2 unspecified atom stereocenters. The third-order valence-electron chi connectivity index (χ3n) is 5.48. The molecule has 3 aliphatic rings. The smallest absolute Gasteiger partial charge is 0.243 e. The van der Waals surface area contributed by atoms with Crippen molar-refractivity contribution < 1.29 is 4.79 Å². The van der Waals surface area contributed by atoms with Crippen LogP contribution in [0.25, 0.3) is 0 Å². The Hall–Kier alpha value is -1.71. The van der Waals surface area contributed by atoms with Gasteiger partial charge in [0, 0.05) is 17.4 Å². The first kappa shape index (κ1) is 13.0. The van der Waals surface area contributed by atoms with Gasteiger partial charge in [-0.15, -0.1) is 0 Å². The molecule has 0 heterocycles. The van der Waals surface area contributed by atoms with Gasteiger partial charge in [0.1, 0.15) is 5.54 Å². The molecule has 0 saturated heterocycles. The van der Waals surface area contributed by atoms with Crippen LogP contribution in [0.3, 0.4) is 0 Å². The molecule has 4 N–H and O–H groups in total. The number of anilines is 2. The van der Waals surface area contributed by atoms with E-state index in [1.807, 2.05) is 12.1 Å². The number of amides is 1. The lowest BCUT2D eigenvalue weighted by Crippen LogP contribution is -2.49. The van der Waals surface area contributed by atoms with Crippen molar-refractivity contribution in [1.29, 1.82) is 0 Å². The molecule has 21 heavy (non-hydrogen) atoms. The summed E-state index contributed by atoms with van der Waals surface area (Å²) in [5, 5.41) is 7.00. The van der Waals surface area contributed by atoms with Gasteiger partial charge in [0.25, 0.3) is 0 Å². The van der Waals surface area contributed by atoms with E-state index < -0.39 is 5.54 Å². The van der Waals surface area contributed by atoms with E-state index in [0.29, 0.717) is 17.9 Å². The summed E-state index contributed by atoms with van der Waals surface area (Å²) in [6, 6.07) is 8.87. The van der Waals surface area contributed by atoms with Crippen molar-refractivity contribution in [1.82, 2.24) is 0 Å². The summed E-state index contributed by atoms with van der Waals surface area (Å²) >= 11 is 0. The first-order chi connectivity index (χ1) is 10.1. The number of benzene rings is 1. The number of fused-ring (bicyclic) bond motifs is 1. The molecule has 1 aromatic rings. The van der Waals surface area contributed by atoms with E-state index in [-0.39, 0.29) is 5.91 Å². The molecule has 3 saturated carbocycles. The van der Waals surface area contributed by atoms with E-state index in [2.05, 4.69) is 22.8 Å². The van der Waals surface area contributed by atoms with Gasteiger partial charge in [-0.05, 0) is 68.6 Å². The van der Waals surface area contributed by atoms with Crippen molar-refractivity contribution >= 4 is 17.3 Å². The van der Waals surface area contributed by atoms with Crippen molar-refractivity contribution in [3.8, 4) is 0 Å². The highest BCUT2D eigenvalue weighted by atomic mass is 16.1. The number of primary amides is 1. The fourth-order valence-corrected chi connectivity index (χ4v) is 3.90. The molecule has 1 amide bonds. The third-order valence-corrected chi connectivity index (χ3v) is 5.48. The zero-order valence-electron chi connectivity index (χ0n) is 12.3. The third kappa shape index (κ3) is 2.37. The van der Waals surface area contributed by atoms with Crippen LogP contribution in [0.4, 0.5) is 11.4 Å². The van der Waals surface area contributed by atoms with Crippen LogP contribution >= 0.6 is 0 Å². The Bertz CT molecular complexity index is 557. The molecule has 0 aliphatic heterocycles. The monoisotopic (exact) mass is 285 g/mol. The summed E-state index contributed by atoms with van der Waals surface area (Å²) in [7, 11) is 0. The van der Waals surface area contributed by atoms with E-state index in [1.54, 1.807) is 0 Å². The Kier molecular flexibility index (Phi) is 2.88. The molecule has 0 radical (unpaired) electrons. The molecule has 0 spiro atoms. The second kappa shape index (κ2) is 4.65. The second-order valence-electron chi connectivity index (χ2n) is 7.09. The van der Waals surface area contributed by atoms with Gasteiger partial charge in [0.05, 0.1) is 0 Å². The molecule has 1 aromatic carbocycles. The van der Waals surface area contributed by atoms with Crippen LogP contribution in [0.5, 0.6) is 0 Å². The predicted molar refractivity (Wildman–Crippen MR) is 84.1 cm³/mol. The standard InChI is InChI=1S/C17H23N3O/c18-16(21)17(9-11-7-12(11)10-17)20-15-6-2-5-14(8-15)19-13-3-1-4-13/h2,5-6,8,11-13,19-20H,1,3-4,7,9-10H2,(H2,18,21). The van der Waals surface area contributed by atoms with Gasteiger partial charge in [-0.2, -0.15) is 0 Å². The fourth-order valence-electron chi connectivity index (χ4n) is 3.90. The average molecular weight is 285 g/mol. The maximum Gasteiger partial charge on any atom is 0.243 e. The largest absolute Gasteiger partial charge is 0.382 e. The van der Waals surface area contributed by atoms with Crippen molar-refractivity contribution in [3.05, 3.63) is 24.3 Å². The summed E-state index contributed by atoms with van der Waals surface area (Å²) in [4.78, 5) is 12.0. The Morgan fingerprint density at radius 2 is 1.90 bits per heavy atom. The van der Waals surface area contributed by atoms with Crippen molar-refractivity contribution in [2.24, 2.45) is 17.6 Å². The van der Waals surface area contributed by atoms with Crippen LogP contribution < -0.4 is 16.4 Å². The lowest BCUT2D eigenvalue weighted by molar-refractivity contribution is -0.122. The molecule has 4 nitrogen and oxygen atoms in total. The number of rotatable bonds is 5. The number of nitrogens with two attached hydrogens (primary N) is 1. The first-order valence-electron chi connectivity index (χ1n) is 8.09. The van der Waals surface area contributed by atoms with Gasteiger partial charge >= 0.3 is 0 Å². The number of nitrogens with one attached hydrogen (secondary N) is 2. The topological polar surface area (TPSA) is 67.2 Å². The van der Waals surface area contributed by atoms with Crippen molar-refractivity contribution in [2.75, 3.05) is 10.6 Å². The van der Waals surface area contributed by atoms with Gasteiger partial charge < -0.3 is 16.4 Å². The normalized spacial score (nSPS) is 33.9. The van der Waals surface area contributed by atoms with E-state index in [4.69, 9.17) is 5.73 Å². The van der Waals surface area contributed by atoms with Gasteiger partial charge in [-0.3, -0.25) is 4.79 Å². The quantitative estimate of drug-likeness (QED) is 0.779. The van der Waals surface area contributed by atoms with Crippen molar-refractivity contribution in [2.45, 2.75) is 50.1 Å². The van der Waals surface area contributed by atoms with Crippen LogP contribution in [0.15, 0.2) is 24.3 Å². The molecule has 0 aromatic heterocycles. The van der Waals surface area contributed by atoms with Gasteiger partial charge in [0.2, 0.25) is 5.91 Å². The molecule has 0 bridgehead atoms. The maximum absolute atomic E-state index is 12.0. The molecule has 4 rings (SSSR count). The second-order valence-corrected chi connectivity index (χ2v) is 7.09. The zero-order valence-corrected chi connectivity index (χ0v) is 12.3. The Morgan fingerprint density at radius 3 is 2.52 bits per heavy atom. The summed E-state index contributed by atoms with van der Waals surface area (Å²) in [5.74, 6) is 1.22. The zero-order chi connectivity index (χ0) is 14.4. The first-order valence-corrected chi connectivity index (χ1v) is 8.09.